The van der Waals surface area contributed by atoms with Crippen LogP contribution in [0.25, 0.3) is 0 Å². The number of carbonyl (C=O) groups is 2. The maximum absolute atomic E-state index is 12.3. The highest BCUT2D eigenvalue weighted by atomic mass is 16.5. The Labute approximate surface area is 130 Å². The summed E-state index contributed by atoms with van der Waals surface area (Å²) in [5, 5.41) is 3.41. The Kier molecular flexibility index (Phi) is 4.23. The fraction of sp³-hybridized carbons (Fsp3) is 0.647. The molecule has 3 aliphatic rings. The van der Waals surface area contributed by atoms with Gasteiger partial charge in [-0.3, -0.25) is 0 Å². The van der Waals surface area contributed by atoms with Gasteiger partial charge in [0.25, 0.3) is 0 Å². The van der Waals surface area contributed by atoms with E-state index in [1.54, 1.807) is 13.8 Å². The molecule has 0 aromatic heterocycles. The minimum Gasteiger partial charge on any atom is -0.463 e. The SMILES string of the molecule is CCOC(=O)C1=C(C2CC2)NC(C2CC2)=C(C(=O)OCC)C1. The van der Waals surface area contributed by atoms with Crippen LogP contribution in [0.4, 0.5) is 0 Å². The minimum absolute atomic E-state index is 0.312. The molecule has 0 radical (unpaired) electrons. The van der Waals surface area contributed by atoms with E-state index in [0.29, 0.717) is 42.6 Å². The smallest absolute Gasteiger partial charge is 0.336 e. The molecule has 1 N–H and O–H groups in total. The topological polar surface area (TPSA) is 64.6 Å². The standard InChI is InChI=1S/C17H23NO4/c1-3-21-16(19)12-9-13(17(20)22-4-2)15(11-7-8-11)18-14(12)10-5-6-10/h10-11,18H,3-9H2,1-2H3. The van der Waals surface area contributed by atoms with Gasteiger partial charge in [-0.05, 0) is 51.4 Å². The third-order valence-corrected chi connectivity index (χ3v) is 4.29. The predicted molar refractivity (Wildman–Crippen MR) is 80.5 cm³/mol. The molecule has 0 aromatic rings. The van der Waals surface area contributed by atoms with Gasteiger partial charge in [-0.2, -0.15) is 0 Å². The minimum atomic E-state index is -0.312. The highest BCUT2D eigenvalue weighted by Crippen LogP contribution is 2.45. The molecule has 0 bridgehead atoms. The first-order valence-electron chi connectivity index (χ1n) is 8.23. The predicted octanol–water partition coefficient (Wildman–Crippen LogP) is 2.43. The van der Waals surface area contributed by atoms with Crippen molar-refractivity contribution in [3.05, 3.63) is 22.5 Å². The van der Waals surface area contributed by atoms with E-state index in [-0.39, 0.29) is 11.9 Å². The number of dihydropyridines is 1. The molecule has 2 aliphatic carbocycles. The monoisotopic (exact) mass is 305 g/mol. The second kappa shape index (κ2) is 6.15. The molecule has 22 heavy (non-hydrogen) atoms. The Bertz CT molecular complexity index is 505. The lowest BCUT2D eigenvalue weighted by molar-refractivity contribution is -0.139. The third kappa shape index (κ3) is 3.03. The Morgan fingerprint density at radius 1 is 0.909 bits per heavy atom. The summed E-state index contributed by atoms with van der Waals surface area (Å²) in [6, 6.07) is 0. The zero-order valence-electron chi connectivity index (χ0n) is 13.2. The largest absolute Gasteiger partial charge is 0.463 e. The molecule has 2 fully saturated rings. The zero-order valence-corrected chi connectivity index (χ0v) is 13.2. The van der Waals surface area contributed by atoms with Crippen molar-refractivity contribution >= 4 is 11.9 Å². The molecular weight excluding hydrogens is 282 g/mol. The summed E-state index contributed by atoms with van der Waals surface area (Å²) < 4.78 is 10.4. The molecule has 5 heteroatoms. The lowest BCUT2D eigenvalue weighted by Crippen LogP contribution is -2.30. The molecule has 3 rings (SSSR count). The van der Waals surface area contributed by atoms with E-state index in [4.69, 9.17) is 9.47 Å². The number of ether oxygens (including phenoxy) is 2. The Morgan fingerprint density at radius 3 is 1.64 bits per heavy atom. The van der Waals surface area contributed by atoms with Crippen molar-refractivity contribution < 1.29 is 19.1 Å². The second-order valence-corrected chi connectivity index (χ2v) is 6.08. The Morgan fingerprint density at radius 2 is 1.32 bits per heavy atom. The normalized spacial score (nSPS) is 21.5. The number of hydrogen-bond acceptors (Lipinski definition) is 5. The van der Waals surface area contributed by atoms with E-state index in [0.717, 1.165) is 37.1 Å². The quantitative estimate of drug-likeness (QED) is 0.764. The molecule has 0 atom stereocenters. The van der Waals surface area contributed by atoms with Crippen LogP contribution in [0.1, 0.15) is 46.0 Å². The van der Waals surface area contributed by atoms with Crippen LogP contribution in [-0.4, -0.2) is 25.2 Å². The number of rotatable bonds is 6. The second-order valence-electron chi connectivity index (χ2n) is 6.08. The molecule has 0 unspecified atom stereocenters. The highest BCUT2D eigenvalue weighted by Gasteiger charge is 2.40. The van der Waals surface area contributed by atoms with Crippen LogP contribution < -0.4 is 5.32 Å². The van der Waals surface area contributed by atoms with Crippen molar-refractivity contribution in [1.82, 2.24) is 5.32 Å². The lowest BCUT2D eigenvalue weighted by Gasteiger charge is -2.26. The fourth-order valence-corrected chi connectivity index (χ4v) is 2.90. The van der Waals surface area contributed by atoms with Gasteiger partial charge in [0.2, 0.25) is 0 Å². The number of carbonyl (C=O) groups excluding carboxylic acids is 2. The van der Waals surface area contributed by atoms with Gasteiger partial charge in [-0.1, -0.05) is 0 Å². The van der Waals surface area contributed by atoms with E-state index >= 15 is 0 Å². The summed E-state index contributed by atoms with van der Waals surface area (Å²) in [7, 11) is 0. The van der Waals surface area contributed by atoms with E-state index in [1.807, 2.05) is 0 Å². The summed E-state index contributed by atoms with van der Waals surface area (Å²) >= 11 is 0. The van der Waals surface area contributed by atoms with E-state index in [9.17, 15) is 9.59 Å². The van der Waals surface area contributed by atoms with Crippen LogP contribution in [-0.2, 0) is 19.1 Å². The molecule has 1 heterocycles. The van der Waals surface area contributed by atoms with Crippen LogP contribution >= 0.6 is 0 Å². The average Bonchev–Trinajstić information content (AvgIpc) is 3.40. The van der Waals surface area contributed by atoms with E-state index in [1.165, 1.54) is 0 Å². The van der Waals surface area contributed by atoms with Gasteiger partial charge in [0.1, 0.15) is 0 Å². The first-order chi connectivity index (χ1) is 10.7. The van der Waals surface area contributed by atoms with Gasteiger partial charge in [-0.25, -0.2) is 9.59 Å². The van der Waals surface area contributed by atoms with Gasteiger partial charge in [-0.15, -0.1) is 0 Å². The van der Waals surface area contributed by atoms with Crippen molar-refractivity contribution in [2.75, 3.05) is 13.2 Å². The maximum Gasteiger partial charge on any atom is 0.336 e. The average molecular weight is 305 g/mol. The Balaban J connectivity index is 1.89. The summed E-state index contributed by atoms with van der Waals surface area (Å²) in [5.74, 6) is 0.205. The van der Waals surface area contributed by atoms with E-state index < -0.39 is 0 Å². The van der Waals surface area contributed by atoms with Gasteiger partial charge in [0.05, 0.1) is 24.4 Å². The molecule has 0 amide bonds. The summed E-state index contributed by atoms with van der Waals surface area (Å²) in [6.45, 7) is 4.27. The van der Waals surface area contributed by atoms with Crippen molar-refractivity contribution in [3.63, 3.8) is 0 Å². The number of hydrogen-bond donors (Lipinski definition) is 1. The van der Waals surface area contributed by atoms with Crippen LogP contribution in [0.5, 0.6) is 0 Å². The van der Waals surface area contributed by atoms with Gasteiger partial charge >= 0.3 is 11.9 Å². The first kappa shape index (κ1) is 15.1. The summed E-state index contributed by atoms with van der Waals surface area (Å²) in [6.07, 6.45) is 4.72. The maximum atomic E-state index is 12.3. The van der Waals surface area contributed by atoms with Crippen LogP contribution in [0.15, 0.2) is 22.5 Å². The molecule has 120 valence electrons. The fourth-order valence-electron chi connectivity index (χ4n) is 2.90. The summed E-state index contributed by atoms with van der Waals surface area (Å²) in [5.41, 5.74) is 3.18. The molecular formula is C17H23NO4. The van der Waals surface area contributed by atoms with Gasteiger partial charge in [0, 0.05) is 17.8 Å². The molecule has 5 nitrogen and oxygen atoms in total. The Hall–Kier alpha value is -1.78. The molecule has 0 spiro atoms. The number of allylic oxidation sites excluding steroid dienone is 2. The van der Waals surface area contributed by atoms with Crippen molar-refractivity contribution in [2.45, 2.75) is 46.0 Å². The number of esters is 2. The third-order valence-electron chi connectivity index (χ3n) is 4.29. The van der Waals surface area contributed by atoms with Crippen molar-refractivity contribution in [3.8, 4) is 0 Å². The first-order valence-corrected chi connectivity index (χ1v) is 8.23. The van der Waals surface area contributed by atoms with Crippen molar-refractivity contribution in [2.24, 2.45) is 11.8 Å². The van der Waals surface area contributed by atoms with Gasteiger partial charge < -0.3 is 14.8 Å². The molecule has 0 saturated heterocycles. The van der Waals surface area contributed by atoms with Crippen LogP contribution in [0, 0.1) is 11.8 Å². The van der Waals surface area contributed by atoms with E-state index in [2.05, 4.69) is 5.32 Å². The van der Waals surface area contributed by atoms with Crippen LogP contribution in [0.2, 0.25) is 0 Å². The van der Waals surface area contributed by atoms with Gasteiger partial charge in [0.15, 0.2) is 0 Å². The molecule has 2 saturated carbocycles. The molecule has 0 aromatic carbocycles. The van der Waals surface area contributed by atoms with Crippen molar-refractivity contribution in [1.29, 1.82) is 0 Å². The molecule has 1 aliphatic heterocycles. The highest BCUT2D eigenvalue weighted by molar-refractivity contribution is 5.97. The van der Waals surface area contributed by atoms with Crippen LogP contribution in [0.3, 0.4) is 0 Å². The zero-order chi connectivity index (χ0) is 15.7. The summed E-state index contributed by atoms with van der Waals surface area (Å²) in [4.78, 5) is 24.5. The lowest BCUT2D eigenvalue weighted by atomic mass is 9.93. The number of nitrogens with one attached hydrogen (secondary N) is 1.